The van der Waals surface area contributed by atoms with Crippen molar-refractivity contribution in [2.24, 2.45) is 0 Å². The van der Waals surface area contributed by atoms with Crippen LogP contribution in [0.4, 0.5) is 0 Å². The maximum Gasteiger partial charge on any atom is 0.164 e. The summed E-state index contributed by atoms with van der Waals surface area (Å²) < 4.78 is 7.75. The Hall–Kier alpha value is -1.88. The molecular formula is C16H22N4O. The van der Waals surface area contributed by atoms with E-state index in [-0.39, 0.29) is 0 Å². The van der Waals surface area contributed by atoms with Gasteiger partial charge in [-0.2, -0.15) is 5.10 Å². The molecule has 112 valence electrons. The van der Waals surface area contributed by atoms with Gasteiger partial charge in [0.15, 0.2) is 5.82 Å². The molecular weight excluding hydrogens is 264 g/mol. The molecule has 5 heteroatoms. The third-order valence-electron chi connectivity index (χ3n) is 3.57. The minimum Gasteiger partial charge on any atom is -0.486 e. The van der Waals surface area contributed by atoms with Gasteiger partial charge in [-0.1, -0.05) is 19.1 Å². The van der Waals surface area contributed by atoms with Crippen LogP contribution in [0.25, 0.3) is 0 Å². The first kappa shape index (κ1) is 14.1. The van der Waals surface area contributed by atoms with Gasteiger partial charge in [0.05, 0.1) is 0 Å². The lowest BCUT2D eigenvalue weighted by molar-refractivity contribution is 0.286. The van der Waals surface area contributed by atoms with E-state index >= 15 is 0 Å². The van der Waals surface area contributed by atoms with E-state index in [1.807, 2.05) is 16.8 Å². The first-order chi connectivity index (χ1) is 10.3. The van der Waals surface area contributed by atoms with Gasteiger partial charge >= 0.3 is 0 Å². The minimum atomic E-state index is 0.458. The predicted octanol–water partition coefficient (Wildman–Crippen LogP) is 2.52. The van der Waals surface area contributed by atoms with Crippen LogP contribution in [0.15, 0.2) is 30.6 Å². The van der Waals surface area contributed by atoms with Crippen molar-refractivity contribution in [3.63, 3.8) is 0 Å². The summed E-state index contributed by atoms with van der Waals surface area (Å²) in [5.74, 6) is 1.76. The molecule has 0 amide bonds. The van der Waals surface area contributed by atoms with Gasteiger partial charge in [0.1, 0.15) is 18.7 Å². The standard InChI is InChI=1S/C16H22N4O/c1-2-8-20-16(18-12-19-20)11-21-15-5-3-4-13(9-15)10-17-14-6-7-14/h3-5,9,12,14,17H,2,6-8,10-11H2,1H3. The Balaban J connectivity index is 1.56. The molecule has 5 nitrogen and oxygen atoms in total. The van der Waals surface area contributed by atoms with Crippen molar-refractivity contribution >= 4 is 0 Å². The van der Waals surface area contributed by atoms with Gasteiger partial charge in [-0.25, -0.2) is 9.67 Å². The summed E-state index contributed by atoms with van der Waals surface area (Å²) in [6, 6.07) is 8.97. The summed E-state index contributed by atoms with van der Waals surface area (Å²) in [5.41, 5.74) is 1.26. The molecule has 0 spiro atoms. The van der Waals surface area contributed by atoms with E-state index < -0.39 is 0 Å². The van der Waals surface area contributed by atoms with Gasteiger partial charge in [0.2, 0.25) is 0 Å². The van der Waals surface area contributed by atoms with E-state index in [1.165, 1.54) is 18.4 Å². The third kappa shape index (κ3) is 4.04. The number of aryl methyl sites for hydroxylation is 1. The smallest absolute Gasteiger partial charge is 0.164 e. The summed E-state index contributed by atoms with van der Waals surface area (Å²) in [6.07, 6.45) is 5.25. The molecule has 1 aromatic heterocycles. The highest BCUT2D eigenvalue weighted by molar-refractivity contribution is 5.28. The SMILES string of the molecule is CCCn1ncnc1COc1cccc(CNC2CC2)c1. The van der Waals surface area contributed by atoms with Crippen LogP contribution in [0.3, 0.4) is 0 Å². The van der Waals surface area contributed by atoms with E-state index in [2.05, 4.69) is 34.5 Å². The molecule has 0 saturated heterocycles. The van der Waals surface area contributed by atoms with Crippen molar-refractivity contribution in [1.29, 1.82) is 0 Å². The Morgan fingerprint density at radius 3 is 3.10 bits per heavy atom. The Morgan fingerprint density at radius 1 is 1.38 bits per heavy atom. The normalized spacial score (nSPS) is 14.3. The summed E-state index contributed by atoms with van der Waals surface area (Å²) in [5, 5.41) is 7.72. The first-order valence-corrected chi connectivity index (χ1v) is 7.67. The Bertz CT molecular complexity index is 577. The molecule has 2 aromatic rings. The number of hydrogen-bond acceptors (Lipinski definition) is 4. The molecule has 0 aliphatic heterocycles. The molecule has 1 N–H and O–H groups in total. The molecule has 1 aliphatic carbocycles. The lowest BCUT2D eigenvalue weighted by Crippen LogP contribution is -2.15. The van der Waals surface area contributed by atoms with Gasteiger partial charge in [0.25, 0.3) is 0 Å². The molecule has 1 fully saturated rings. The minimum absolute atomic E-state index is 0.458. The predicted molar refractivity (Wildman–Crippen MR) is 80.9 cm³/mol. The molecule has 0 unspecified atom stereocenters. The van der Waals surface area contributed by atoms with Gasteiger partial charge in [-0.05, 0) is 37.0 Å². The zero-order valence-corrected chi connectivity index (χ0v) is 12.5. The largest absolute Gasteiger partial charge is 0.486 e. The number of nitrogens with one attached hydrogen (secondary N) is 1. The van der Waals surface area contributed by atoms with E-state index in [9.17, 15) is 0 Å². The number of hydrogen-bond donors (Lipinski definition) is 1. The van der Waals surface area contributed by atoms with Crippen LogP contribution in [0.1, 0.15) is 37.6 Å². The second-order valence-corrected chi connectivity index (χ2v) is 5.49. The molecule has 0 bridgehead atoms. The van der Waals surface area contributed by atoms with Crippen LogP contribution in [0.2, 0.25) is 0 Å². The molecule has 21 heavy (non-hydrogen) atoms. The highest BCUT2D eigenvalue weighted by Gasteiger charge is 2.19. The van der Waals surface area contributed by atoms with Crippen LogP contribution in [-0.4, -0.2) is 20.8 Å². The number of benzene rings is 1. The fraction of sp³-hybridized carbons (Fsp3) is 0.500. The Labute approximate surface area is 125 Å². The van der Waals surface area contributed by atoms with Crippen LogP contribution in [0, 0.1) is 0 Å². The summed E-state index contributed by atoms with van der Waals surface area (Å²) in [7, 11) is 0. The molecule has 1 aromatic carbocycles. The lowest BCUT2D eigenvalue weighted by atomic mass is 10.2. The number of nitrogens with zero attached hydrogens (tertiary/aromatic N) is 3. The Kier molecular flexibility index (Phi) is 4.50. The van der Waals surface area contributed by atoms with Crippen molar-refractivity contribution in [3.05, 3.63) is 42.0 Å². The zero-order chi connectivity index (χ0) is 14.5. The van der Waals surface area contributed by atoms with Gasteiger partial charge in [0, 0.05) is 19.1 Å². The second-order valence-electron chi connectivity index (χ2n) is 5.49. The molecule has 0 atom stereocenters. The van der Waals surface area contributed by atoms with E-state index in [1.54, 1.807) is 6.33 Å². The molecule has 0 radical (unpaired) electrons. The van der Waals surface area contributed by atoms with Crippen molar-refractivity contribution in [1.82, 2.24) is 20.1 Å². The van der Waals surface area contributed by atoms with Crippen molar-refractivity contribution in [2.45, 2.75) is 51.9 Å². The van der Waals surface area contributed by atoms with E-state index in [0.717, 1.165) is 37.1 Å². The zero-order valence-electron chi connectivity index (χ0n) is 12.5. The quantitative estimate of drug-likeness (QED) is 0.810. The molecule has 1 aliphatic rings. The second kappa shape index (κ2) is 6.72. The van der Waals surface area contributed by atoms with Crippen LogP contribution in [-0.2, 0) is 19.7 Å². The first-order valence-electron chi connectivity index (χ1n) is 7.67. The molecule has 3 rings (SSSR count). The van der Waals surface area contributed by atoms with Gasteiger partial charge < -0.3 is 10.1 Å². The van der Waals surface area contributed by atoms with E-state index in [4.69, 9.17) is 4.74 Å². The molecule has 1 saturated carbocycles. The highest BCUT2D eigenvalue weighted by atomic mass is 16.5. The van der Waals surface area contributed by atoms with Gasteiger partial charge in [-0.3, -0.25) is 0 Å². The maximum atomic E-state index is 5.85. The Morgan fingerprint density at radius 2 is 2.29 bits per heavy atom. The average Bonchev–Trinajstić information content (AvgIpc) is 3.24. The lowest BCUT2D eigenvalue weighted by Gasteiger charge is -2.09. The average molecular weight is 286 g/mol. The van der Waals surface area contributed by atoms with E-state index in [0.29, 0.717) is 6.61 Å². The van der Waals surface area contributed by atoms with Gasteiger partial charge in [-0.15, -0.1) is 0 Å². The summed E-state index contributed by atoms with van der Waals surface area (Å²) in [6.45, 7) is 4.38. The maximum absolute atomic E-state index is 5.85. The summed E-state index contributed by atoms with van der Waals surface area (Å²) in [4.78, 5) is 4.25. The number of rotatable bonds is 8. The monoisotopic (exact) mass is 286 g/mol. The van der Waals surface area contributed by atoms with Crippen molar-refractivity contribution < 1.29 is 4.74 Å². The molecule has 1 heterocycles. The fourth-order valence-corrected chi connectivity index (χ4v) is 2.24. The van der Waals surface area contributed by atoms with Crippen molar-refractivity contribution in [2.75, 3.05) is 0 Å². The van der Waals surface area contributed by atoms with Crippen LogP contribution < -0.4 is 10.1 Å². The van der Waals surface area contributed by atoms with Crippen LogP contribution >= 0.6 is 0 Å². The highest BCUT2D eigenvalue weighted by Crippen LogP contribution is 2.20. The van der Waals surface area contributed by atoms with Crippen LogP contribution in [0.5, 0.6) is 5.75 Å². The number of ether oxygens (including phenoxy) is 1. The number of aromatic nitrogens is 3. The topological polar surface area (TPSA) is 52.0 Å². The summed E-state index contributed by atoms with van der Waals surface area (Å²) >= 11 is 0. The third-order valence-corrected chi connectivity index (χ3v) is 3.57. The van der Waals surface area contributed by atoms with Crippen molar-refractivity contribution in [3.8, 4) is 5.75 Å². The fourth-order valence-electron chi connectivity index (χ4n) is 2.24.